The summed E-state index contributed by atoms with van der Waals surface area (Å²) in [7, 11) is 3.04. The number of halogens is 1. The summed E-state index contributed by atoms with van der Waals surface area (Å²) in [6, 6.07) is 0. The molecule has 1 fully saturated rings. The van der Waals surface area contributed by atoms with Gasteiger partial charge in [-0.25, -0.2) is 0 Å². The lowest BCUT2D eigenvalue weighted by molar-refractivity contribution is -0.169. The fourth-order valence-corrected chi connectivity index (χ4v) is 4.81. The van der Waals surface area contributed by atoms with Crippen LogP contribution < -0.4 is 0 Å². The third-order valence-corrected chi connectivity index (χ3v) is 7.81. The molecule has 186 valence electrons. The summed E-state index contributed by atoms with van der Waals surface area (Å²) in [6.45, 7) is 10.1. The first-order chi connectivity index (χ1) is 14.7. The van der Waals surface area contributed by atoms with Gasteiger partial charge in [-0.1, -0.05) is 25.9 Å². The van der Waals surface area contributed by atoms with E-state index >= 15 is 0 Å². The van der Waals surface area contributed by atoms with E-state index in [2.05, 4.69) is 5.16 Å². The number of aliphatic hydroxyl groups excluding tert-OH is 1. The number of aliphatic hydroxyl groups is 2. The van der Waals surface area contributed by atoms with Gasteiger partial charge < -0.3 is 29.3 Å². The van der Waals surface area contributed by atoms with Gasteiger partial charge in [-0.05, 0) is 56.2 Å². The molecule has 0 saturated carbocycles. The van der Waals surface area contributed by atoms with E-state index in [1.165, 1.54) is 21.0 Å². The average Bonchev–Trinajstić information content (AvgIpc) is 2.73. The number of ether oxygens (including phenoxy) is 3. The van der Waals surface area contributed by atoms with Crippen LogP contribution in [0.3, 0.4) is 0 Å². The van der Waals surface area contributed by atoms with Crippen LogP contribution in [0.4, 0.5) is 0 Å². The molecule has 0 aromatic carbocycles. The first-order valence-electron chi connectivity index (χ1n) is 10.7. The molecule has 1 aliphatic heterocycles. The van der Waals surface area contributed by atoms with Crippen LogP contribution in [0.1, 0.15) is 54.4 Å². The minimum Gasteiger partial charge on any atom is -0.448 e. The Morgan fingerprint density at radius 1 is 1.12 bits per heavy atom. The van der Waals surface area contributed by atoms with Gasteiger partial charge in [0.15, 0.2) is 4.11 Å². The van der Waals surface area contributed by atoms with Crippen LogP contribution in [-0.2, 0) is 28.6 Å². The Bertz CT molecular complexity index is 685. The molecular formula is C22H38INO8. The molecule has 1 rings (SSSR count). The van der Waals surface area contributed by atoms with Crippen LogP contribution in [-0.4, -0.2) is 70.1 Å². The molecule has 0 amide bonds. The van der Waals surface area contributed by atoms with Gasteiger partial charge in [-0.2, -0.15) is 0 Å². The molecule has 2 N–H and O–H groups in total. The van der Waals surface area contributed by atoms with Gasteiger partial charge in [-0.3, -0.25) is 9.59 Å². The number of cyclic esters (lactones) is 1. The monoisotopic (exact) mass is 571 g/mol. The van der Waals surface area contributed by atoms with Gasteiger partial charge in [0, 0.05) is 32.0 Å². The van der Waals surface area contributed by atoms with Crippen molar-refractivity contribution < 1.29 is 38.9 Å². The Kier molecular flexibility index (Phi) is 11.0. The van der Waals surface area contributed by atoms with Crippen molar-refractivity contribution in [2.24, 2.45) is 28.8 Å². The van der Waals surface area contributed by atoms with Crippen molar-refractivity contribution in [3.05, 3.63) is 0 Å². The maximum Gasteiger partial charge on any atom is 0.317 e. The standard InChI is InChI=1S/C22H38INO8/c1-12-9-21(5,30-8)10-13(2)17(25)15(4)19(27)32-20(23)22(6,28)18(26)14(3)16(12)24-31-11-29-7/h12-15,18,20,26,28H,9-11H2,1-8H3/b24-16+/t12-,13-,14+,15-,18-,20+,21-,22+/m1/s1. The van der Waals surface area contributed by atoms with E-state index in [0.29, 0.717) is 18.6 Å². The molecule has 0 unspecified atom stereocenters. The van der Waals surface area contributed by atoms with Crippen LogP contribution in [0.5, 0.6) is 0 Å². The summed E-state index contributed by atoms with van der Waals surface area (Å²) in [5, 5.41) is 26.3. The van der Waals surface area contributed by atoms with Crippen LogP contribution >= 0.6 is 22.6 Å². The van der Waals surface area contributed by atoms with Crippen molar-refractivity contribution in [1.82, 2.24) is 0 Å². The lowest BCUT2D eigenvalue weighted by Gasteiger charge is -2.39. The van der Waals surface area contributed by atoms with Crippen LogP contribution in [0.15, 0.2) is 5.16 Å². The number of rotatable bonds is 4. The zero-order chi connectivity index (χ0) is 24.9. The van der Waals surface area contributed by atoms with Crippen LogP contribution in [0, 0.1) is 23.7 Å². The highest BCUT2D eigenvalue weighted by Crippen LogP contribution is 2.35. The van der Waals surface area contributed by atoms with Gasteiger partial charge in [0.25, 0.3) is 0 Å². The molecule has 0 bridgehead atoms. The number of carbonyl (C=O) groups excluding carboxylic acids is 2. The van der Waals surface area contributed by atoms with Crippen molar-refractivity contribution in [3.8, 4) is 0 Å². The minimum atomic E-state index is -1.82. The highest BCUT2D eigenvalue weighted by atomic mass is 127. The van der Waals surface area contributed by atoms with Crippen molar-refractivity contribution in [2.45, 2.75) is 75.8 Å². The van der Waals surface area contributed by atoms with E-state index < -0.39 is 45.1 Å². The van der Waals surface area contributed by atoms with Crippen LogP contribution in [0.2, 0.25) is 0 Å². The molecule has 0 spiro atoms. The molecule has 32 heavy (non-hydrogen) atoms. The number of hydrogen-bond donors (Lipinski definition) is 2. The summed E-state index contributed by atoms with van der Waals surface area (Å²) >= 11 is 1.76. The first kappa shape index (κ1) is 29.2. The van der Waals surface area contributed by atoms with E-state index in [-0.39, 0.29) is 18.5 Å². The van der Waals surface area contributed by atoms with E-state index in [0.717, 1.165) is 0 Å². The first-order valence-corrected chi connectivity index (χ1v) is 12.0. The van der Waals surface area contributed by atoms with Crippen molar-refractivity contribution in [1.29, 1.82) is 0 Å². The third-order valence-electron chi connectivity index (χ3n) is 6.30. The number of nitrogens with zero attached hydrogens (tertiary/aromatic N) is 1. The summed E-state index contributed by atoms with van der Waals surface area (Å²) in [5.41, 5.74) is -2.03. The second kappa shape index (κ2) is 12.0. The zero-order valence-corrected chi connectivity index (χ0v) is 22.4. The van der Waals surface area contributed by atoms with Gasteiger partial charge in [0.05, 0.1) is 17.4 Å². The van der Waals surface area contributed by atoms with Gasteiger partial charge in [0.1, 0.15) is 17.3 Å². The molecule has 0 aliphatic carbocycles. The van der Waals surface area contributed by atoms with E-state index in [1.807, 2.05) is 13.8 Å². The van der Waals surface area contributed by atoms with E-state index in [4.69, 9.17) is 19.0 Å². The Balaban J connectivity index is 3.49. The smallest absolute Gasteiger partial charge is 0.317 e. The molecular weight excluding hydrogens is 533 g/mol. The molecule has 0 radical (unpaired) electrons. The number of Topliss-reactive ketones (excluding diaryl/α,β-unsaturated/α-hetero) is 1. The average molecular weight is 571 g/mol. The highest BCUT2D eigenvalue weighted by molar-refractivity contribution is 14.1. The van der Waals surface area contributed by atoms with Crippen LogP contribution in [0.25, 0.3) is 0 Å². The Hall–Kier alpha value is -0.820. The highest BCUT2D eigenvalue weighted by Gasteiger charge is 2.47. The zero-order valence-electron chi connectivity index (χ0n) is 20.3. The predicted molar refractivity (Wildman–Crippen MR) is 127 cm³/mol. The summed E-state index contributed by atoms with van der Waals surface area (Å²) in [5.74, 6) is -3.35. The lowest BCUT2D eigenvalue weighted by atomic mass is 9.76. The number of esters is 1. The molecule has 1 aliphatic rings. The van der Waals surface area contributed by atoms with Crippen molar-refractivity contribution >= 4 is 40.1 Å². The summed E-state index contributed by atoms with van der Waals surface area (Å²) < 4.78 is 15.0. The number of hydrogen-bond acceptors (Lipinski definition) is 9. The number of ketones is 1. The summed E-state index contributed by atoms with van der Waals surface area (Å²) in [4.78, 5) is 30.8. The SMILES string of the molecule is COCO/N=C1\[C@H](C)C[C@@](C)(OC)C[C@@H](C)C(=O)[C@@H](C)C(=O)O[C@H](I)[C@@](C)(O)[C@H](O)[C@H]1C. The van der Waals surface area contributed by atoms with Gasteiger partial charge >= 0.3 is 5.97 Å². The fraction of sp³-hybridized carbons (Fsp3) is 0.864. The molecule has 8 atom stereocenters. The lowest BCUT2D eigenvalue weighted by Crippen LogP contribution is -2.54. The maximum absolute atomic E-state index is 12.9. The second-order valence-corrected chi connectivity index (χ2v) is 10.4. The predicted octanol–water partition coefficient (Wildman–Crippen LogP) is 2.69. The number of methoxy groups -OCH3 is 2. The van der Waals surface area contributed by atoms with Gasteiger partial charge in [0.2, 0.25) is 6.79 Å². The van der Waals surface area contributed by atoms with Crippen molar-refractivity contribution in [2.75, 3.05) is 21.0 Å². The molecule has 0 aromatic rings. The van der Waals surface area contributed by atoms with E-state index in [1.54, 1.807) is 43.5 Å². The molecule has 1 heterocycles. The Morgan fingerprint density at radius 2 is 1.69 bits per heavy atom. The normalized spacial score (nSPS) is 41.8. The fourth-order valence-electron chi connectivity index (χ4n) is 4.19. The Labute approximate surface area is 204 Å². The quantitative estimate of drug-likeness (QED) is 0.100. The number of carbonyl (C=O) groups is 2. The second-order valence-electron chi connectivity index (χ2n) is 9.25. The molecule has 10 heteroatoms. The van der Waals surface area contributed by atoms with Gasteiger partial charge in [-0.15, -0.1) is 0 Å². The molecule has 9 nitrogen and oxygen atoms in total. The molecule has 0 aromatic heterocycles. The van der Waals surface area contributed by atoms with Crippen molar-refractivity contribution in [3.63, 3.8) is 0 Å². The molecule has 1 saturated heterocycles. The topological polar surface area (TPSA) is 124 Å². The number of oxime groups is 1. The Morgan fingerprint density at radius 3 is 2.22 bits per heavy atom. The summed E-state index contributed by atoms with van der Waals surface area (Å²) in [6.07, 6.45) is -0.480. The number of alkyl halides is 1. The largest absolute Gasteiger partial charge is 0.448 e. The van der Waals surface area contributed by atoms with E-state index in [9.17, 15) is 19.8 Å². The third kappa shape index (κ3) is 7.09. The minimum absolute atomic E-state index is 0.0765. The maximum atomic E-state index is 12.9.